The molecule has 0 aromatic carbocycles. The average molecular weight is 460 g/mol. The summed E-state index contributed by atoms with van der Waals surface area (Å²) in [6, 6.07) is -0.870. The number of likely N-dealkylation sites (tertiary alicyclic amines) is 1. The van der Waals surface area contributed by atoms with Gasteiger partial charge in [-0.3, -0.25) is 14.4 Å². The fraction of sp³-hybridized carbons (Fsp3) is 0.842. The number of rotatable bonds is 6. The number of aliphatic hydroxyl groups is 1. The zero-order valence-electron chi connectivity index (χ0n) is 16.8. The summed E-state index contributed by atoms with van der Waals surface area (Å²) in [5.74, 6) is -2.18. The molecule has 8 nitrogen and oxygen atoms in total. The molecule has 158 valence electrons. The van der Waals surface area contributed by atoms with Crippen LogP contribution in [0, 0.1) is 11.8 Å². The highest BCUT2D eigenvalue weighted by Crippen LogP contribution is 2.59. The Morgan fingerprint density at radius 3 is 2.61 bits per heavy atom. The lowest BCUT2D eigenvalue weighted by molar-refractivity contribution is -0.143. The zero-order valence-corrected chi connectivity index (χ0v) is 18.4. The van der Waals surface area contributed by atoms with Crippen LogP contribution in [0.1, 0.15) is 40.5 Å². The first kappa shape index (κ1) is 21.5. The molecule has 3 rings (SSSR count). The van der Waals surface area contributed by atoms with Crippen molar-refractivity contribution in [2.75, 3.05) is 19.7 Å². The van der Waals surface area contributed by atoms with Gasteiger partial charge in [0.1, 0.15) is 11.6 Å². The lowest BCUT2D eigenvalue weighted by Gasteiger charge is -2.35. The van der Waals surface area contributed by atoms with Crippen molar-refractivity contribution in [3.8, 4) is 0 Å². The van der Waals surface area contributed by atoms with E-state index in [-0.39, 0.29) is 35.7 Å². The normalized spacial score (nSPS) is 36.6. The molecule has 0 aromatic rings. The summed E-state index contributed by atoms with van der Waals surface area (Å²) in [5, 5.41) is 15.3. The third-order valence-electron chi connectivity index (χ3n) is 5.73. The van der Waals surface area contributed by atoms with E-state index < -0.39 is 35.1 Å². The fourth-order valence-electron chi connectivity index (χ4n) is 4.88. The predicted octanol–water partition coefficient (Wildman–Crippen LogP) is 0.168. The molecule has 3 fully saturated rings. The molecule has 1 spiro atoms. The van der Waals surface area contributed by atoms with Crippen LogP contribution >= 0.6 is 15.9 Å². The number of alkyl halides is 1. The molecule has 0 saturated carbocycles. The van der Waals surface area contributed by atoms with Crippen LogP contribution in [0.5, 0.6) is 0 Å². The van der Waals surface area contributed by atoms with Crippen LogP contribution in [-0.2, 0) is 19.1 Å². The van der Waals surface area contributed by atoms with Gasteiger partial charge in [-0.25, -0.2) is 0 Å². The number of aliphatic hydroxyl groups excluding tert-OH is 1. The Bertz CT molecular complexity index is 666. The number of carbonyl (C=O) groups is 3. The Morgan fingerprint density at radius 2 is 2.04 bits per heavy atom. The Morgan fingerprint density at radius 1 is 1.36 bits per heavy atom. The maximum absolute atomic E-state index is 13.3. The Labute approximate surface area is 173 Å². The number of nitrogens with one attached hydrogen (secondary N) is 2. The molecule has 3 heterocycles. The van der Waals surface area contributed by atoms with Crippen LogP contribution in [0.4, 0.5) is 0 Å². The number of hydrogen-bond acceptors (Lipinski definition) is 5. The smallest absolute Gasteiger partial charge is 0.246 e. The van der Waals surface area contributed by atoms with Crippen molar-refractivity contribution in [3.05, 3.63) is 0 Å². The predicted molar refractivity (Wildman–Crippen MR) is 106 cm³/mol. The highest BCUT2D eigenvalue weighted by Gasteiger charge is 2.76. The van der Waals surface area contributed by atoms with Gasteiger partial charge in [0.2, 0.25) is 17.7 Å². The molecule has 3 N–H and O–H groups in total. The van der Waals surface area contributed by atoms with E-state index in [4.69, 9.17) is 4.74 Å². The summed E-state index contributed by atoms with van der Waals surface area (Å²) in [6.45, 7) is 7.86. The average Bonchev–Trinajstić information content (AvgIpc) is 3.16. The van der Waals surface area contributed by atoms with Gasteiger partial charge in [0.05, 0.1) is 24.5 Å². The van der Waals surface area contributed by atoms with Crippen LogP contribution in [0.25, 0.3) is 0 Å². The molecule has 3 saturated heterocycles. The standard InChI is InChI=1S/C19H30BrN3O5/c1-5-6-21-15(25)11-12-17(27)23(7-8-24)14(16(26)22-18(2,3)4)19(12)9-10(20)13(11)28-19/h10-14,24H,5-9H2,1-4H3,(H,21,25)(H,22,26)/t10?,11-,12-,13-,14?,19?/m0/s1. The van der Waals surface area contributed by atoms with Gasteiger partial charge in [0, 0.05) is 23.5 Å². The van der Waals surface area contributed by atoms with Crippen LogP contribution in [0.2, 0.25) is 0 Å². The van der Waals surface area contributed by atoms with E-state index in [2.05, 4.69) is 26.6 Å². The number of amides is 3. The minimum atomic E-state index is -1.06. The minimum Gasteiger partial charge on any atom is -0.395 e. The van der Waals surface area contributed by atoms with E-state index in [1.807, 2.05) is 27.7 Å². The van der Waals surface area contributed by atoms with Gasteiger partial charge in [0.15, 0.2) is 0 Å². The largest absolute Gasteiger partial charge is 0.395 e. The molecule has 0 radical (unpaired) electrons. The molecule has 3 unspecified atom stereocenters. The molecular weight excluding hydrogens is 430 g/mol. The van der Waals surface area contributed by atoms with Gasteiger partial charge in [-0.1, -0.05) is 22.9 Å². The number of β-amino-alcohol motifs (C(OH)–C–C–N with tert-alkyl or cyclic N) is 1. The molecule has 6 atom stereocenters. The van der Waals surface area contributed by atoms with Crippen molar-refractivity contribution in [2.24, 2.45) is 11.8 Å². The molecule has 3 amide bonds. The van der Waals surface area contributed by atoms with E-state index in [9.17, 15) is 19.5 Å². The van der Waals surface area contributed by atoms with Crippen molar-refractivity contribution in [2.45, 2.75) is 68.6 Å². The van der Waals surface area contributed by atoms with E-state index in [1.54, 1.807) is 0 Å². The first-order valence-corrected chi connectivity index (χ1v) is 10.8. The maximum atomic E-state index is 13.3. The molecular formula is C19H30BrN3O5. The van der Waals surface area contributed by atoms with E-state index >= 15 is 0 Å². The van der Waals surface area contributed by atoms with Crippen LogP contribution in [0.15, 0.2) is 0 Å². The quantitative estimate of drug-likeness (QED) is 0.490. The summed E-state index contributed by atoms with van der Waals surface area (Å²) >= 11 is 3.60. The van der Waals surface area contributed by atoms with Gasteiger partial charge in [0.25, 0.3) is 0 Å². The summed E-state index contributed by atoms with van der Waals surface area (Å²) in [5.41, 5.74) is -1.54. The number of nitrogens with zero attached hydrogens (tertiary/aromatic N) is 1. The van der Waals surface area contributed by atoms with Crippen LogP contribution < -0.4 is 10.6 Å². The monoisotopic (exact) mass is 459 g/mol. The van der Waals surface area contributed by atoms with E-state index in [0.717, 1.165) is 6.42 Å². The van der Waals surface area contributed by atoms with Gasteiger partial charge >= 0.3 is 0 Å². The second-order valence-electron chi connectivity index (χ2n) is 8.95. The maximum Gasteiger partial charge on any atom is 0.246 e. The summed E-state index contributed by atoms with van der Waals surface area (Å²) in [4.78, 5) is 40.6. The molecule has 3 aliphatic rings. The Kier molecular flexibility index (Phi) is 5.82. The molecule has 3 aliphatic heterocycles. The minimum absolute atomic E-state index is 0.0313. The highest BCUT2D eigenvalue weighted by atomic mass is 79.9. The molecule has 9 heteroatoms. The van der Waals surface area contributed by atoms with Crippen molar-refractivity contribution < 1.29 is 24.2 Å². The number of ether oxygens (including phenoxy) is 1. The Hall–Kier alpha value is -1.19. The number of carbonyl (C=O) groups excluding carboxylic acids is 3. The molecule has 28 heavy (non-hydrogen) atoms. The SMILES string of the molecule is CCCNC(=O)[C@H]1[C@H]2C(=O)N(CCO)C(C(=O)NC(C)(C)C)C23CC(Br)[C@@H]1O3. The summed E-state index contributed by atoms with van der Waals surface area (Å²) < 4.78 is 6.29. The number of fused-ring (bicyclic) bond motifs is 1. The fourth-order valence-corrected chi connectivity index (χ4v) is 5.82. The summed E-state index contributed by atoms with van der Waals surface area (Å²) in [6.07, 6.45) is 0.807. The first-order chi connectivity index (χ1) is 13.1. The molecule has 0 aliphatic carbocycles. The van der Waals surface area contributed by atoms with Gasteiger partial charge in [-0.2, -0.15) is 0 Å². The third kappa shape index (κ3) is 3.35. The Balaban J connectivity index is 1.99. The van der Waals surface area contributed by atoms with Crippen LogP contribution in [-0.4, -0.2) is 75.5 Å². The topological polar surface area (TPSA) is 108 Å². The third-order valence-corrected chi connectivity index (χ3v) is 6.57. The number of hydrogen-bond donors (Lipinski definition) is 3. The number of halogens is 1. The van der Waals surface area contributed by atoms with Crippen LogP contribution in [0.3, 0.4) is 0 Å². The summed E-state index contributed by atoms with van der Waals surface area (Å²) in [7, 11) is 0. The highest BCUT2D eigenvalue weighted by molar-refractivity contribution is 9.09. The van der Waals surface area contributed by atoms with Crippen molar-refractivity contribution in [3.63, 3.8) is 0 Å². The lowest BCUT2D eigenvalue weighted by atomic mass is 9.70. The first-order valence-electron chi connectivity index (χ1n) is 9.90. The van der Waals surface area contributed by atoms with Crippen molar-refractivity contribution >= 4 is 33.7 Å². The second-order valence-corrected chi connectivity index (χ2v) is 10.1. The van der Waals surface area contributed by atoms with Gasteiger partial charge < -0.3 is 25.4 Å². The van der Waals surface area contributed by atoms with E-state index in [1.165, 1.54) is 4.90 Å². The van der Waals surface area contributed by atoms with Gasteiger partial charge in [-0.15, -0.1) is 0 Å². The second kappa shape index (κ2) is 7.57. The zero-order chi connectivity index (χ0) is 20.9. The van der Waals surface area contributed by atoms with Crippen molar-refractivity contribution in [1.82, 2.24) is 15.5 Å². The molecule has 2 bridgehead atoms. The van der Waals surface area contributed by atoms with E-state index in [0.29, 0.717) is 13.0 Å². The van der Waals surface area contributed by atoms with Crippen molar-refractivity contribution in [1.29, 1.82) is 0 Å². The lowest BCUT2D eigenvalue weighted by Crippen LogP contribution is -2.59. The molecule has 0 aromatic heterocycles. The van der Waals surface area contributed by atoms with Gasteiger partial charge in [-0.05, 0) is 33.6 Å².